The van der Waals surface area contributed by atoms with Crippen molar-refractivity contribution in [2.24, 2.45) is 0 Å². The third kappa shape index (κ3) is 2.27. The summed E-state index contributed by atoms with van der Waals surface area (Å²) in [4.78, 5) is 0.521. The summed E-state index contributed by atoms with van der Waals surface area (Å²) in [5, 5.41) is -0.0822. The van der Waals surface area contributed by atoms with Crippen LogP contribution in [0.25, 0.3) is 0 Å². The highest BCUT2D eigenvalue weighted by molar-refractivity contribution is 9.09. The third-order valence-electron chi connectivity index (χ3n) is 4.88. The second kappa shape index (κ2) is 5.06. The monoisotopic (exact) mass is 335 g/mol. The highest BCUT2D eigenvalue weighted by atomic mass is 79.9. The number of fused-ring (bicyclic) bond motifs is 2. The summed E-state index contributed by atoms with van der Waals surface area (Å²) >= 11 is 3.68. The maximum Gasteiger partial charge on any atom is 0.217 e. The Morgan fingerprint density at radius 2 is 1.44 bits per heavy atom. The molecule has 104 valence electrons. The Hall–Kier alpha value is 0.390. The number of sulfonamides is 1. The van der Waals surface area contributed by atoms with Gasteiger partial charge < -0.3 is 0 Å². The average Bonchev–Trinajstić information content (AvgIpc) is 2.64. The minimum atomic E-state index is -3.03. The summed E-state index contributed by atoms with van der Waals surface area (Å²) in [6.45, 7) is 0. The largest absolute Gasteiger partial charge is 0.217 e. The molecule has 18 heavy (non-hydrogen) atoms. The van der Waals surface area contributed by atoms with Gasteiger partial charge >= 0.3 is 0 Å². The number of nitrogens with zero attached hydrogens (tertiary/aromatic N) is 1. The fourth-order valence-corrected chi connectivity index (χ4v) is 7.37. The first-order valence-corrected chi connectivity index (χ1v) is 9.67. The highest BCUT2D eigenvalue weighted by Gasteiger charge is 2.48. The molecule has 0 aromatic carbocycles. The molecule has 0 spiro atoms. The summed E-state index contributed by atoms with van der Waals surface area (Å²) in [5.41, 5.74) is 0. The lowest BCUT2D eigenvalue weighted by atomic mass is 10.0. The molecule has 2 heterocycles. The maximum absolute atomic E-state index is 12.8. The summed E-state index contributed by atoms with van der Waals surface area (Å²) in [6.07, 6.45) is 9.30. The molecule has 0 N–H and O–H groups in total. The van der Waals surface area contributed by atoms with Crippen LogP contribution in [0, 0.1) is 0 Å². The number of piperidine rings is 1. The normalized spacial score (nSPS) is 39.1. The molecule has 0 amide bonds. The fraction of sp³-hybridized carbons (Fsp3) is 1.00. The molecule has 2 atom stereocenters. The topological polar surface area (TPSA) is 37.4 Å². The molecule has 3 nitrogen and oxygen atoms in total. The lowest BCUT2D eigenvalue weighted by Crippen LogP contribution is -2.50. The molecule has 0 aromatic rings. The zero-order valence-electron chi connectivity index (χ0n) is 10.7. The van der Waals surface area contributed by atoms with Crippen molar-refractivity contribution >= 4 is 26.0 Å². The Balaban J connectivity index is 1.81. The van der Waals surface area contributed by atoms with Gasteiger partial charge in [0.05, 0.1) is 5.25 Å². The minimum absolute atomic E-state index is 0.0822. The molecule has 3 fully saturated rings. The first-order valence-electron chi connectivity index (χ1n) is 7.25. The Morgan fingerprint density at radius 1 is 0.889 bits per heavy atom. The summed E-state index contributed by atoms with van der Waals surface area (Å²) in [7, 11) is -3.03. The van der Waals surface area contributed by atoms with Crippen LogP contribution in [0.15, 0.2) is 0 Å². The molecule has 5 heteroatoms. The molecule has 2 aliphatic heterocycles. The molecular weight excluding hydrogens is 314 g/mol. The predicted molar refractivity (Wildman–Crippen MR) is 76.4 cm³/mol. The van der Waals surface area contributed by atoms with Crippen LogP contribution in [0.3, 0.4) is 0 Å². The van der Waals surface area contributed by atoms with Crippen molar-refractivity contribution in [3.63, 3.8) is 0 Å². The van der Waals surface area contributed by atoms with Gasteiger partial charge in [-0.3, -0.25) is 0 Å². The third-order valence-corrected chi connectivity index (χ3v) is 8.12. The van der Waals surface area contributed by atoms with E-state index >= 15 is 0 Å². The van der Waals surface area contributed by atoms with Crippen molar-refractivity contribution in [3.05, 3.63) is 0 Å². The van der Waals surface area contributed by atoms with Crippen LogP contribution in [0.1, 0.15) is 57.8 Å². The van der Waals surface area contributed by atoms with Gasteiger partial charge in [-0.05, 0) is 38.5 Å². The second-order valence-electron chi connectivity index (χ2n) is 6.09. The molecule has 2 saturated heterocycles. The van der Waals surface area contributed by atoms with Crippen molar-refractivity contribution in [1.82, 2.24) is 4.31 Å². The molecule has 2 unspecified atom stereocenters. The van der Waals surface area contributed by atoms with Crippen LogP contribution >= 0.6 is 15.9 Å². The van der Waals surface area contributed by atoms with Crippen molar-refractivity contribution < 1.29 is 8.42 Å². The molecule has 0 radical (unpaired) electrons. The van der Waals surface area contributed by atoms with Crippen molar-refractivity contribution in [1.29, 1.82) is 0 Å². The highest BCUT2D eigenvalue weighted by Crippen LogP contribution is 2.42. The zero-order chi connectivity index (χ0) is 12.8. The van der Waals surface area contributed by atoms with E-state index in [4.69, 9.17) is 0 Å². The van der Waals surface area contributed by atoms with Gasteiger partial charge in [0.15, 0.2) is 0 Å². The molecule has 3 rings (SSSR count). The number of halogens is 1. The predicted octanol–water partition coefficient (Wildman–Crippen LogP) is 3.04. The van der Waals surface area contributed by atoms with Crippen LogP contribution in [0.4, 0.5) is 0 Å². The van der Waals surface area contributed by atoms with E-state index in [1.165, 1.54) is 6.42 Å². The van der Waals surface area contributed by atoms with Crippen molar-refractivity contribution in [2.75, 3.05) is 0 Å². The van der Waals surface area contributed by atoms with Gasteiger partial charge in [0, 0.05) is 16.9 Å². The average molecular weight is 336 g/mol. The molecule has 1 aliphatic carbocycles. The molecule has 2 bridgehead atoms. The number of alkyl halides is 1. The van der Waals surface area contributed by atoms with Crippen LogP contribution in [-0.2, 0) is 10.0 Å². The van der Waals surface area contributed by atoms with Gasteiger partial charge in [0.1, 0.15) is 0 Å². The number of rotatable bonds is 2. The molecule has 1 saturated carbocycles. The Labute approximate surface area is 118 Å². The second-order valence-corrected chi connectivity index (χ2v) is 9.50. The van der Waals surface area contributed by atoms with Crippen molar-refractivity contribution in [2.45, 2.75) is 79.9 Å². The van der Waals surface area contributed by atoms with E-state index in [0.29, 0.717) is 4.83 Å². The van der Waals surface area contributed by atoms with Crippen LogP contribution in [0.5, 0.6) is 0 Å². The van der Waals surface area contributed by atoms with Gasteiger partial charge in [-0.25, -0.2) is 8.42 Å². The standard InChI is InChI=1S/C13H22BrNO2S/c14-10-8-11-6-7-12(9-10)15(11)18(16,17)13-4-2-1-3-5-13/h10-13H,1-9H2. The van der Waals surface area contributed by atoms with Crippen LogP contribution < -0.4 is 0 Å². The van der Waals surface area contributed by atoms with Gasteiger partial charge in [-0.15, -0.1) is 0 Å². The maximum atomic E-state index is 12.8. The number of hydrogen-bond donors (Lipinski definition) is 0. The summed E-state index contributed by atoms with van der Waals surface area (Å²) in [5.74, 6) is 0. The first kappa shape index (κ1) is 13.4. The van der Waals surface area contributed by atoms with Crippen molar-refractivity contribution in [3.8, 4) is 0 Å². The van der Waals surface area contributed by atoms with Crippen LogP contribution in [-0.4, -0.2) is 34.9 Å². The minimum Gasteiger partial charge on any atom is -0.212 e. The van der Waals surface area contributed by atoms with E-state index in [1.807, 2.05) is 4.31 Å². The first-order chi connectivity index (χ1) is 8.59. The van der Waals surface area contributed by atoms with Gasteiger partial charge in [-0.1, -0.05) is 35.2 Å². The Morgan fingerprint density at radius 3 is 2.00 bits per heavy atom. The summed E-state index contributed by atoms with van der Waals surface area (Å²) < 4.78 is 27.6. The van der Waals surface area contributed by atoms with E-state index < -0.39 is 10.0 Å². The van der Waals surface area contributed by atoms with E-state index in [1.54, 1.807) is 0 Å². The zero-order valence-corrected chi connectivity index (χ0v) is 13.1. The van der Waals surface area contributed by atoms with Gasteiger partial charge in [0.25, 0.3) is 0 Å². The molecule has 3 aliphatic rings. The fourth-order valence-electron chi connectivity index (χ4n) is 4.02. The van der Waals surface area contributed by atoms with E-state index in [0.717, 1.165) is 51.4 Å². The van der Waals surface area contributed by atoms with Crippen LogP contribution in [0.2, 0.25) is 0 Å². The van der Waals surface area contributed by atoms with E-state index in [2.05, 4.69) is 15.9 Å². The Bertz CT molecular complexity index is 391. The quantitative estimate of drug-likeness (QED) is 0.727. The molecule has 0 aromatic heterocycles. The SMILES string of the molecule is O=S(=O)(C1CCCCC1)N1C2CCC1CC(Br)C2. The smallest absolute Gasteiger partial charge is 0.212 e. The molecular formula is C13H22BrNO2S. The van der Waals surface area contributed by atoms with Gasteiger partial charge in [-0.2, -0.15) is 4.31 Å². The summed E-state index contributed by atoms with van der Waals surface area (Å²) in [6, 6.07) is 0.556. The Kier molecular flexibility index (Phi) is 3.76. The number of hydrogen-bond acceptors (Lipinski definition) is 2. The van der Waals surface area contributed by atoms with E-state index in [9.17, 15) is 8.42 Å². The van der Waals surface area contributed by atoms with Gasteiger partial charge in [0.2, 0.25) is 10.0 Å². The lowest BCUT2D eigenvalue weighted by Gasteiger charge is -2.39. The van der Waals surface area contributed by atoms with E-state index in [-0.39, 0.29) is 17.3 Å². The lowest BCUT2D eigenvalue weighted by molar-refractivity contribution is 0.249.